The van der Waals surface area contributed by atoms with Crippen LogP contribution in [0.4, 0.5) is 0 Å². The highest BCUT2D eigenvalue weighted by atomic mass is 16.1. The normalized spacial score (nSPS) is 19.4. The van der Waals surface area contributed by atoms with Crippen molar-refractivity contribution in [2.75, 3.05) is 6.54 Å². The number of hydrogen-bond donors (Lipinski definition) is 2. The standard InChI is InChI=1S/C13H26N2O/c1-2-7-12(16)15-13(10-6-11-14)8-4-3-5-9-13/h2-11,14H2,1H3,(H,15,16). The minimum atomic E-state index is 0.0733. The summed E-state index contributed by atoms with van der Waals surface area (Å²) in [6.07, 6.45) is 9.75. The maximum Gasteiger partial charge on any atom is 0.220 e. The number of hydrogen-bond acceptors (Lipinski definition) is 2. The van der Waals surface area contributed by atoms with Crippen molar-refractivity contribution in [2.45, 2.75) is 70.3 Å². The van der Waals surface area contributed by atoms with Gasteiger partial charge in [0.25, 0.3) is 0 Å². The Balaban J connectivity index is 2.51. The lowest BCUT2D eigenvalue weighted by Gasteiger charge is -2.38. The van der Waals surface area contributed by atoms with Crippen LogP contribution in [0, 0.1) is 0 Å². The second-order valence-corrected chi connectivity index (χ2v) is 5.03. The largest absolute Gasteiger partial charge is 0.351 e. The first-order valence-electron chi connectivity index (χ1n) is 6.73. The first-order chi connectivity index (χ1) is 7.72. The van der Waals surface area contributed by atoms with E-state index >= 15 is 0 Å². The first-order valence-corrected chi connectivity index (χ1v) is 6.73. The Kier molecular flexibility index (Phi) is 5.81. The SMILES string of the molecule is CCCC(=O)NC1(CCCN)CCCCC1. The van der Waals surface area contributed by atoms with Gasteiger partial charge in [-0.1, -0.05) is 26.2 Å². The highest BCUT2D eigenvalue weighted by molar-refractivity contribution is 5.76. The van der Waals surface area contributed by atoms with Crippen molar-refractivity contribution < 1.29 is 4.79 Å². The number of rotatable bonds is 6. The van der Waals surface area contributed by atoms with Gasteiger partial charge in [-0.05, 0) is 38.6 Å². The summed E-state index contributed by atoms with van der Waals surface area (Å²) in [5.74, 6) is 0.224. The molecule has 0 spiro atoms. The average molecular weight is 226 g/mol. The number of carbonyl (C=O) groups is 1. The molecular formula is C13H26N2O. The smallest absolute Gasteiger partial charge is 0.220 e. The fraction of sp³-hybridized carbons (Fsp3) is 0.923. The minimum absolute atomic E-state index is 0.0733. The third kappa shape index (κ3) is 4.12. The maximum atomic E-state index is 11.7. The molecule has 0 aromatic carbocycles. The molecule has 0 aromatic rings. The summed E-state index contributed by atoms with van der Waals surface area (Å²) in [4.78, 5) is 11.7. The van der Waals surface area contributed by atoms with Crippen LogP contribution >= 0.6 is 0 Å². The molecule has 0 saturated heterocycles. The van der Waals surface area contributed by atoms with Crippen LogP contribution in [0.3, 0.4) is 0 Å². The molecule has 0 aliphatic heterocycles. The highest BCUT2D eigenvalue weighted by Crippen LogP contribution is 2.32. The fourth-order valence-electron chi connectivity index (χ4n) is 2.69. The van der Waals surface area contributed by atoms with Gasteiger partial charge in [0.05, 0.1) is 0 Å². The minimum Gasteiger partial charge on any atom is -0.351 e. The summed E-state index contributed by atoms with van der Waals surface area (Å²) < 4.78 is 0. The molecule has 3 nitrogen and oxygen atoms in total. The van der Waals surface area contributed by atoms with Crippen molar-refractivity contribution in [3.8, 4) is 0 Å². The van der Waals surface area contributed by atoms with Crippen LogP contribution in [0.1, 0.15) is 64.7 Å². The number of carbonyl (C=O) groups excluding carboxylic acids is 1. The van der Waals surface area contributed by atoms with Crippen molar-refractivity contribution in [1.29, 1.82) is 0 Å². The molecule has 0 atom stereocenters. The molecule has 3 N–H and O–H groups in total. The first kappa shape index (κ1) is 13.5. The lowest BCUT2D eigenvalue weighted by atomic mass is 9.78. The Morgan fingerprint density at radius 1 is 1.31 bits per heavy atom. The molecule has 16 heavy (non-hydrogen) atoms. The van der Waals surface area contributed by atoms with Gasteiger partial charge in [0.2, 0.25) is 5.91 Å². The molecular weight excluding hydrogens is 200 g/mol. The van der Waals surface area contributed by atoms with Gasteiger partial charge in [-0.3, -0.25) is 4.79 Å². The Morgan fingerprint density at radius 2 is 2.00 bits per heavy atom. The third-order valence-electron chi connectivity index (χ3n) is 3.55. The third-order valence-corrected chi connectivity index (χ3v) is 3.55. The average Bonchev–Trinajstić information content (AvgIpc) is 2.28. The van der Waals surface area contributed by atoms with Gasteiger partial charge in [0.15, 0.2) is 0 Å². The fourth-order valence-corrected chi connectivity index (χ4v) is 2.69. The van der Waals surface area contributed by atoms with Crippen molar-refractivity contribution in [2.24, 2.45) is 5.73 Å². The van der Waals surface area contributed by atoms with E-state index in [-0.39, 0.29) is 11.4 Å². The lowest BCUT2D eigenvalue weighted by molar-refractivity contribution is -0.123. The predicted octanol–water partition coefficient (Wildman–Crippen LogP) is 2.34. The number of nitrogens with two attached hydrogens (primary N) is 1. The summed E-state index contributed by atoms with van der Waals surface area (Å²) in [5.41, 5.74) is 5.65. The van der Waals surface area contributed by atoms with Gasteiger partial charge in [-0.25, -0.2) is 0 Å². The molecule has 1 saturated carbocycles. The van der Waals surface area contributed by atoms with Gasteiger partial charge in [-0.2, -0.15) is 0 Å². The molecule has 1 rings (SSSR count). The summed E-state index contributed by atoms with van der Waals surface area (Å²) in [6, 6.07) is 0. The van der Waals surface area contributed by atoms with E-state index in [1.165, 1.54) is 19.3 Å². The van der Waals surface area contributed by atoms with Crippen LogP contribution in [-0.4, -0.2) is 18.0 Å². The van der Waals surface area contributed by atoms with E-state index in [0.29, 0.717) is 6.42 Å². The molecule has 3 heteroatoms. The summed E-state index contributed by atoms with van der Waals surface area (Å²) >= 11 is 0. The zero-order valence-electron chi connectivity index (χ0n) is 10.6. The molecule has 0 aromatic heterocycles. The second-order valence-electron chi connectivity index (χ2n) is 5.03. The molecule has 1 amide bonds. The molecule has 94 valence electrons. The number of amides is 1. The maximum absolute atomic E-state index is 11.7. The van der Waals surface area contributed by atoms with E-state index in [1.54, 1.807) is 0 Å². The monoisotopic (exact) mass is 226 g/mol. The van der Waals surface area contributed by atoms with E-state index in [4.69, 9.17) is 5.73 Å². The molecule has 1 aliphatic rings. The quantitative estimate of drug-likeness (QED) is 0.730. The van der Waals surface area contributed by atoms with Crippen molar-refractivity contribution in [1.82, 2.24) is 5.32 Å². The highest BCUT2D eigenvalue weighted by Gasteiger charge is 2.32. The van der Waals surface area contributed by atoms with Crippen LogP contribution in [0.15, 0.2) is 0 Å². The van der Waals surface area contributed by atoms with Crippen LogP contribution < -0.4 is 11.1 Å². The van der Waals surface area contributed by atoms with E-state index in [9.17, 15) is 4.79 Å². The van der Waals surface area contributed by atoms with Crippen molar-refractivity contribution in [3.05, 3.63) is 0 Å². The van der Waals surface area contributed by atoms with Crippen LogP contribution in [0.25, 0.3) is 0 Å². The van der Waals surface area contributed by atoms with Crippen molar-refractivity contribution in [3.63, 3.8) is 0 Å². The molecule has 1 fully saturated rings. The van der Waals surface area contributed by atoms with Crippen LogP contribution in [0.2, 0.25) is 0 Å². The van der Waals surface area contributed by atoms with E-state index in [2.05, 4.69) is 5.32 Å². The van der Waals surface area contributed by atoms with Crippen molar-refractivity contribution >= 4 is 5.91 Å². The molecule has 0 radical (unpaired) electrons. The van der Waals surface area contributed by atoms with Gasteiger partial charge in [-0.15, -0.1) is 0 Å². The topological polar surface area (TPSA) is 55.1 Å². The predicted molar refractivity (Wildman–Crippen MR) is 67.2 cm³/mol. The Bertz CT molecular complexity index is 210. The molecule has 0 bridgehead atoms. The lowest BCUT2D eigenvalue weighted by Crippen LogP contribution is -2.49. The van der Waals surface area contributed by atoms with E-state index < -0.39 is 0 Å². The second kappa shape index (κ2) is 6.89. The van der Waals surface area contributed by atoms with Gasteiger partial charge in [0, 0.05) is 12.0 Å². The Hall–Kier alpha value is -0.570. The zero-order valence-corrected chi connectivity index (χ0v) is 10.6. The van der Waals surface area contributed by atoms with Crippen LogP contribution in [0.5, 0.6) is 0 Å². The summed E-state index contributed by atoms with van der Waals surface area (Å²) in [7, 11) is 0. The Morgan fingerprint density at radius 3 is 2.56 bits per heavy atom. The molecule has 0 unspecified atom stereocenters. The van der Waals surface area contributed by atoms with Crippen LogP contribution in [-0.2, 0) is 4.79 Å². The number of nitrogens with one attached hydrogen (secondary N) is 1. The van der Waals surface area contributed by atoms with Gasteiger partial charge < -0.3 is 11.1 Å². The van der Waals surface area contributed by atoms with Gasteiger partial charge >= 0.3 is 0 Å². The Labute approximate surface area is 99.2 Å². The molecule has 1 aliphatic carbocycles. The van der Waals surface area contributed by atoms with E-state index in [1.807, 2.05) is 6.92 Å². The molecule has 0 heterocycles. The zero-order chi connectivity index (χ0) is 11.9. The summed E-state index contributed by atoms with van der Waals surface area (Å²) in [6.45, 7) is 2.78. The van der Waals surface area contributed by atoms with E-state index in [0.717, 1.165) is 38.6 Å². The van der Waals surface area contributed by atoms with Gasteiger partial charge in [0.1, 0.15) is 0 Å². The summed E-state index contributed by atoms with van der Waals surface area (Å²) in [5, 5.41) is 3.27.